The van der Waals surface area contributed by atoms with Crippen molar-refractivity contribution in [2.24, 2.45) is 0 Å². The van der Waals surface area contributed by atoms with E-state index in [9.17, 15) is 4.79 Å². The van der Waals surface area contributed by atoms with Crippen molar-refractivity contribution in [3.05, 3.63) is 83.7 Å². The van der Waals surface area contributed by atoms with Crippen LogP contribution >= 0.6 is 0 Å². The molecule has 1 aliphatic rings. The van der Waals surface area contributed by atoms with E-state index in [1.54, 1.807) is 19.5 Å². The van der Waals surface area contributed by atoms with Gasteiger partial charge in [0.2, 0.25) is 5.95 Å². The van der Waals surface area contributed by atoms with Gasteiger partial charge < -0.3 is 14.5 Å². The maximum atomic E-state index is 12.8. The Bertz CT molecular complexity index is 1060. The van der Waals surface area contributed by atoms with Crippen molar-refractivity contribution >= 4 is 11.9 Å². The van der Waals surface area contributed by atoms with Crippen LogP contribution in [0.15, 0.2) is 67.0 Å². The molecular weight excluding hydrogens is 412 g/mol. The molecule has 6 nitrogen and oxygen atoms in total. The number of nitrogens with zero attached hydrogens (tertiary/aromatic N) is 4. The van der Waals surface area contributed by atoms with E-state index in [0.29, 0.717) is 13.1 Å². The number of carbonyl (C=O) groups excluding carboxylic acids is 1. The van der Waals surface area contributed by atoms with Gasteiger partial charge in [0.1, 0.15) is 5.75 Å². The van der Waals surface area contributed by atoms with Crippen LogP contribution in [0.1, 0.15) is 48.2 Å². The van der Waals surface area contributed by atoms with Gasteiger partial charge in [-0.05, 0) is 68.1 Å². The molecule has 0 saturated carbocycles. The summed E-state index contributed by atoms with van der Waals surface area (Å²) in [7, 11) is 1.70. The van der Waals surface area contributed by atoms with Crippen molar-refractivity contribution in [2.45, 2.75) is 32.1 Å². The Labute approximate surface area is 196 Å². The van der Waals surface area contributed by atoms with Crippen molar-refractivity contribution in [1.82, 2.24) is 14.9 Å². The van der Waals surface area contributed by atoms with Gasteiger partial charge in [0.25, 0.3) is 5.91 Å². The summed E-state index contributed by atoms with van der Waals surface area (Å²) in [6.07, 6.45) is 5.42. The van der Waals surface area contributed by atoms with Gasteiger partial charge >= 0.3 is 0 Å². The summed E-state index contributed by atoms with van der Waals surface area (Å²) in [6.45, 7) is 7.14. The number of amides is 1. The Morgan fingerprint density at radius 1 is 0.970 bits per heavy atom. The topological polar surface area (TPSA) is 58.6 Å². The molecule has 0 spiro atoms. The van der Waals surface area contributed by atoms with Crippen LogP contribution in [-0.4, -0.2) is 54.1 Å². The highest BCUT2D eigenvalue weighted by Crippen LogP contribution is 2.43. The lowest BCUT2D eigenvalue weighted by atomic mass is 9.68. The fourth-order valence-corrected chi connectivity index (χ4v) is 4.83. The molecule has 6 heteroatoms. The zero-order valence-corrected chi connectivity index (χ0v) is 19.7. The Morgan fingerprint density at radius 2 is 1.64 bits per heavy atom. The Balaban J connectivity index is 1.68. The van der Waals surface area contributed by atoms with Crippen molar-refractivity contribution < 1.29 is 9.53 Å². The van der Waals surface area contributed by atoms with Crippen LogP contribution < -0.4 is 9.64 Å². The normalized spacial score (nSPS) is 15.2. The van der Waals surface area contributed by atoms with Crippen LogP contribution in [-0.2, 0) is 5.41 Å². The number of benzene rings is 2. The maximum absolute atomic E-state index is 12.8. The van der Waals surface area contributed by atoms with Gasteiger partial charge in [-0.1, -0.05) is 24.3 Å². The first kappa shape index (κ1) is 22.8. The third-order valence-electron chi connectivity index (χ3n) is 6.81. The molecule has 1 saturated heterocycles. The van der Waals surface area contributed by atoms with Crippen molar-refractivity contribution in [3.8, 4) is 5.75 Å². The number of hydrogen-bond donors (Lipinski definition) is 0. The van der Waals surface area contributed by atoms with Crippen LogP contribution in [0, 0.1) is 0 Å². The van der Waals surface area contributed by atoms with Gasteiger partial charge in [0, 0.05) is 49.6 Å². The second-order valence-electron chi connectivity index (χ2n) is 8.40. The van der Waals surface area contributed by atoms with Crippen LogP contribution in [0.3, 0.4) is 0 Å². The van der Waals surface area contributed by atoms with E-state index < -0.39 is 0 Å². The number of rotatable bonds is 7. The summed E-state index contributed by atoms with van der Waals surface area (Å²) in [5.74, 6) is 1.71. The molecule has 33 heavy (non-hydrogen) atoms. The third kappa shape index (κ3) is 4.56. The molecule has 1 amide bonds. The molecule has 1 aliphatic heterocycles. The lowest BCUT2D eigenvalue weighted by molar-refractivity contribution is 0.0773. The number of anilines is 1. The minimum Gasteiger partial charge on any atom is -0.497 e. The first-order valence-corrected chi connectivity index (χ1v) is 11.7. The minimum absolute atomic E-state index is 0.0815. The molecule has 0 unspecified atom stereocenters. The van der Waals surface area contributed by atoms with Gasteiger partial charge in [0.05, 0.1) is 7.11 Å². The van der Waals surface area contributed by atoms with Crippen molar-refractivity contribution in [3.63, 3.8) is 0 Å². The molecule has 0 atom stereocenters. The Kier molecular flexibility index (Phi) is 6.92. The van der Waals surface area contributed by atoms with E-state index >= 15 is 0 Å². The number of ether oxygens (including phenoxy) is 1. The second kappa shape index (κ2) is 10.0. The molecule has 0 radical (unpaired) electrons. The maximum Gasteiger partial charge on any atom is 0.253 e. The van der Waals surface area contributed by atoms with Crippen molar-refractivity contribution in [2.75, 3.05) is 38.2 Å². The van der Waals surface area contributed by atoms with E-state index in [1.807, 2.05) is 43.0 Å². The number of methoxy groups -OCH3 is 1. The summed E-state index contributed by atoms with van der Waals surface area (Å²) < 4.78 is 5.54. The quantitative estimate of drug-likeness (QED) is 0.535. The largest absolute Gasteiger partial charge is 0.497 e. The van der Waals surface area contributed by atoms with Gasteiger partial charge in [-0.25, -0.2) is 9.97 Å². The number of piperidine rings is 1. The molecule has 1 fully saturated rings. The summed E-state index contributed by atoms with van der Waals surface area (Å²) in [5.41, 5.74) is 3.02. The van der Waals surface area contributed by atoms with Gasteiger partial charge in [0.15, 0.2) is 0 Å². The predicted octanol–water partition coefficient (Wildman–Crippen LogP) is 4.55. The van der Waals surface area contributed by atoms with E-state index in [4.69, 9.17) is 4.74 Å². The molecule has 172 valence electrons. The smallest absolute Gasteiger partial charge is 0.253 e. The first-order chi connectivity index (χ1) is 16.1. The molecule has 2 heterocycles. The Hall–Kier alpha value is -3.41. The molecule has 3 aromatic rings. The fourth-order valence-electron chi connectivity index (χ4n) is 4.83. The Morgan fingerprint density at radius 3 is 2.24 bits per heavy atom. The zero-order chi connectivity index (χ0) is 23.3. The zero-order valence-electron chi connectivity index (χ0n) is 19.7. The van der Waals surface area contributed by atoms with Gasteiger partial charge in [-0.3, -0.25) is 4.79 Å². The standard InChI is InChI=1S/C27H32N4O2/c1-4-30(5-2)25(32)21-10-12-22(13-11-21)27(23-8-6-9-24(20-23)33-3)14-18-31(19-15-27)26-28-16-7-17-29-26/h6-13,16-17,20H,4-5,14-15,18-19H2,1-3H3. The van der Waals surface area contributed by atoms with E-state index in [-0.39, 0.29) is 11.3 Å². The summed E-state index contributed by atoms with van der Waals surface area (Å²) >= 11 is 0. The van der Waals surface area contributed by atoms with Crippen LogP contribution in [0.5, 0.6) is 5.75 Å². The SMILES string of the molecule is CCN(CC)C(=O)c1ccc(C2(c3cccc(OC)c3)CCN(c3ncccn3)CC2)cc1. The fraction of sp³-hybridized carbons (Fsp3) is 0.370. The highest BCUT2D eigenvalue weighted by molar-refractivity contribution is 5.94. The van der Waals surface area contributed by atoms with E-state index in [2.05, 4.69) is 45.2 Å². The third-order valence-corrected chi connectivity index (χ3v) is 6.81. The predicted molar refractivity (Wildman–Crippen MR) is 131 cm³/mol. The highest BCUT2D eigenvalue weighted by Gasteiger charge is 2.38. The lowest BCUT2D eigenvalue weighted by Crippen LogP contribution is -2.44. The number of aromatic nitrogens is 2. The van der Waals surface area contributed by atoms with Gasteiger partial charge in [-0.2, -0.15) is 0 Å². The minimum atomic E-state index is -0.170. The van der Waals surface area contributed by atoms with Gasteiger partial charge in [-0.15, -0.1) is 0 Å². The number of carbonyl (C=O) groups is 1. The average Bonchev–Trinajstić information content (AvgIpc) is 2.90. The molecule has 4 rings (SSSR count). The average molecular weight is 445 g/mol. The molecule has 1 aromatic heterocycles. The molecule has 2 aromatic carbocycles. The monoisotopic (exact) mass is 444 g/mol. The summed E-state index contributed by atoms with van der Waals surface area (Å²) in [6, 6.07) is 18.4. The first-order valence-electron chi connectivity index (χ1n) is 11.7. The summed E-state index contributed by atoms with van der Waals surface area (Å²) in [4.78, 5) is 25.8. The molecule has 0 aliphatic carbocycles. The van der Waals surface area contributed by atoms with E-state index in [0.717, 1.165) is 43.2 Å². The lowest BCUT2D eigenvalue weighted by Gasteiger charge is -2.43. The second-order valence-corrected chi connectivity index (χ2v) is 8.40. The highest BCUT2D eigenvalue weighted by atomic mass is 16.5. The van der Waals surface area contributed by atoms with Crippen molar-refractivity contribution in [1.29, 1.82) is 0 Å². The molecular formula is C27H32N4O2. The summed E-state index contributed by atoms with van der Waals surface area (Å²) in [5, 5.41) is 0. The number of hydrogen-bond acceptors (Lipinski definition) is 5. The van der Waals surface area contributed by atoms with E-state index in [1.165, 1.54) is 11.1 Å². The molecule has 0 N–H and O–H groups in total. The van der Waals surface area contributed by atoms with Crippen LogP contribution in [0.2, 0.25) is 0 Å². The van der Waals surface area contributed by atoms with Crippen LogP contribution in [0.4, 0.5) is 5.95 Å². The van der Waals surface area contributed by atoms with Crippen LogP contribution in [0.25, 0.3) is 0 Å². The molecule has 0 bridgehead atoms.